The summed E-state index contributed by atoms with van der Waals surface area (Å²) >= 11 is 3.34. The lowest BCUT2D eigenvalue weighted by Crippen LogP contribution is -2.22. The molecule has 1 aliphatic rings. The van der Waals surface area contributed by atoms with Crippen LogP contribution in [0.25, 0.3) is 21.7 Å². The summed E-state index contributed by atoms with van der Waals surface area (Å²) in [6.07, 6.45) is 3.15. The predicted octanol–water partition coefficient (Wildman–Crippen LogP) is 4.56. The quantitative estimate of drug-likeness (QED) is 0.367. The fraction of sp³-hybridized carbons (Fsp3) is 0.286. The van der Waals surface area contributed by atoms with Gasteiger partial charge in [-0.15, -0.1) is 21.5 Å². The van der Waals surface area contributed by atoms with Gasteiger partial charge >= 0.3 is 0 Å². The van der Waals surface area contributed by atoms with Gasteiger partial charge in [0.05, 0.1) is 11.1 Å². The number of benzene rings is 1. The van der Waals surface area contributed by atoms with Crippen LogP contribution >= 0.6 is 23.1 Å². The second kappa shape index (κ2) is 6.60. The van der Waals surface area contributed by atoms with Crippen LogP contribution in [0.5, 0.6) is 0 Å². The van der Waals surface area contributed by atoms with Crippen LogP contribution in [0, 0.1) is 6.92 Å². The Bertz CT molecular complexity index is 1310. The Balaban J connectivity index is 1.91. The SMILES string of the molecule is C=C(C)CSc1nnc2n(-c3ccccc3C)c(=O)c3c4c(sc3n12)CCC4. The lowest BCUT2D eigenvalue weighted by molar-refractivity contribution is 0.909. The molecule has 0 fully saturated rings. The van der Waals surface area contributed by atoms with Crippen LogP contribution in [-0.4, -0.2) is 24.9 Å². The van der Waals surface area contributed by atoms with E-state index in [1.807, 2.05) is 38.1 Å². The maximum atomic E-state index is 13.7. The summed E-state index contributed by atoms with van der Waals surface area (Å²) in [4.78, 5) is 16.0. The Morgan fingerprint density at radius 2 is 2.11 bits per heavy atom. The number of hydrogen-bond acceptors (Lipinski definition) is 5. The molecule has 7 heteroatoms. The van der Waals surface area contributed by atoms with Crippen molar-refractivity contribution in [1.82, 2.24) is 19.2 Å². The van der Waals surface area contributed by atoms with Gasteiger partial charge in [-0.3, -0.25) is 4.79 Å². The largest absolute Gasteiger partial charge is 0.268 e. The Morgan fingerprint density at radius 1 is 1.29 bits per heavy atom. The molecule has 0 radical (unpaired) electrons. The lowest BCUT2D eigenvalue weighted by Gasteiger charge is -2.12. The third-order valence-electron chi connectivity index (χ3n) is 5.14. The fourth-order valence-corrected chi connectivity index (χ4v) is 6.08. The van der Waals surface area contributed by atoms with Gasteiger partial charge in [0.25, 0.3) is 5.56 Å². The zero-order chi connectivity index (χ0) is 19.4. The van der Waals surface area contributed by atoms with Crippen LogP contribution in [0.2, 0.25) is 0 Å². The van der Waals surface area contributed by atoms with Crippen molar-refractivity contribution in [3.05, 3.63) is 62.8 Å². The molecule has 0 amide bonds. The summed E-state index contributed by atoms with van der Waals surface area (Å²) in [6, 6.07) is 7.94. The minimum Gasteiger partial charge on any atom is -0.268 e. The van der Waals surface area contributed by atoms with Crippen molar-refractivity contribution >= 4 is 39.1 Å². The first kappa shape index (κ1) is 17.7. The Hall–Kier alpha value is -2.38. The average Bonchev–Trinajstić information content (AvgIpc) is 3.35. The number of thiophene rings is 1. The molecular weight excluding hydrogens is 388 g/mol. The molecule has 0 saturated heterocycles. The highest BCUT2D eigenvalue weighted by atomic mass is 32.2. The van der Waals surface area contributed by atoms with Crippen molar-refractivity contribution < 1.29 is 0 Å². The van der Waals surface area contributed by atoms with Crippen LogP contribution in [0.4, 0.5) is 0 Å². The van der Waals surface area contributed by atoms with Crippen molar-refractivity contribution in [3.8, 4) is 5.69 Å². The van der Waals surface area contributed by atoms with Crippen molar-refractivity contribution in [2.75, 3.05) is 5.75 Å². The number of nitrogens with zero attached hydrogens (tertiary/aromatic N) is 4. The highest BCUT2D eigenvalue weighted by Crippen LogP contribution is 2.37. The molecule has 1 aliphatic carbocycles. The molecule has 3 aromatic heterocycles. The van der Waals surface area contributed by atoms with E-state index < -0.39 is 0 Å². The lowest BCUT2D eigenvalue weighted by atomic mass is 10.1. The topological polar surface area (TPSA) is 52.2 Å². The zero-order valence-electron chi connectivity index (χ0n) is 15.9. The first-order valence-corrected chi connectivity index (χ1v) is 11.1. The minimum atomic E-state index is 0.0139. The van der Waals surface area contributed by atoms with Gasteiger partial charge in [-0.05, 0) is 50.3 Å². The van der Waals surface area contributed by atoms with Crippen LogP contribution in [0.3, 0.4) is 0 Å². The van der Waals surface area contributed by atoms with E-state index in [0.29, 0.717) is 5.78 Å². The number of thioether (sulfide) groups is 1. The second-order valence-corrected chi connectivity index (χ2v) is 9.35. The first-order valence-electron chi connectivity index (χ1n) is 9.34. The third-order valence-corrected chi connectivity index (χ3v) is 7.58. The Kier molecular flexibility index (Phi) is 4.17. The molecule has 28 heavy (non-hydrogen) atoms. The summed E-state index contributed by atoms with van der Waals surface area (Å²) in [5.41, 5.74) is 4.22. The van der Waals surface area contributed by atoms with Crippen LogP contribution in [-0.2, 0) is 12.8 Å². The van der Waals surface area contributed by atoms with Gasteiger partial charge in [-0.1, -0.05) is 42.1 Å². The van der Waals surface area contributed by atoms with E-state index in [1.165, 1.54) is 10.4 Å². The maximum Gasteiger partial charge on any atom is 0.268 e. The zero-order valence-corrected chi connectivity index (χ0v) is 17.5. The second-order valence-electron chi connectivity index (χ2n) is 7.33. The molecule has 142 valence electrons. The number of fused-ring (bicyclic) bond motifs is 5. The van der Waals surface area contributed by atoms with E-state index in [4.69, 9.17) is 0 Å². The smallest absolute Gasteiger partial charge is 0.268 e. The van der Waals surface area contributed by atoms with E-state index in [9.17, 15) is 4.79 Å². The number of para-hydroxylation sites is 1. The van der Waals surface area contributed by atoms with E-state index in [-0.39, 0.29) is 5.56 Å². The number of rotatable bonds is 4. The van der Waals surface area contributed by atoms with E-state index in [0.717, 1.165) is 57.2 Å². The summed E-state index contributed by atoms with van der Waals surface area (Å²) in [5.74, 6) is 1.35. The highest BCUT2D eigenvalue weighted by molar-refractivity contribution is 7.99. The van der Waals surface area contributed by atoms with Crippen molar-refractivity contribution in [1.29, 1.82) is 0 Å². The number of hydrogen-bond donors (Lipinski definition) is 0. The molecule has 0 unspecified atom stereocenters. The summed E-state index contributed by atoms with van der Waals surface area (Å²) in [7, 11) is 0. The summed E-state index contributed by atoms with van der Waals surface area (Å²) in [5, 5.41) is 10.5. The standard InChI is InChI=1S/C21H20N4OS2/c1-12(2)11-27-21-23-22-20-24(15-9-5-4-7-13(15)3)18(26)17-14-8-6-10-16(14)28-19(17)25(20)21/h4-5,7,9H,1,6,8,10-11H2,2-3H3. The summed E-state index contributed by atoms with van der Waals surface area (Å²) in [6.45, 7) is 8.03. The molecule has 1 aromatic carbocycles. The highest BCUT2D eigenvalue weighted by Gasteiger charge is 2.26. The van der Waals surface area contributed by atoms with Gasteiger partial charge in [0.2, 0.25) is 5.78 Å². The molecule has 4 aromatic rings. The van der Waals surface area contributed by atoms with Crippen molar-refractivity contribution in [3.63, 3.8) is 0 Å². The molecule has 0 atom stereocenters. The Morgan fingerprint density at radius 3 is 2.89 bits per heavy atom. The van der Waals surface area contributed by atoms with E-state index in [1.54, 1.807) is 27.7 Å². The van der Waals surface area contributed by atoms with Gasteiger partial charge in [-0.2, -0.15) is 0 Å². The Labute approximate surface area is 170 Å². The maximum absolute atomic E-state index is 13.7. The van der Waals surface area contributed by atoms with Gasteiger partial charge in [0.1, 0.15) is 4.83 Å². The fourth-order valence-electron chi connectivity index (χ4n) is 3.87. The monoisotopic (exact) mass is 408 g/mol. The van der Waals surface area contributed by atoms with E-state index >= 15 is 0 Å². The molecule has 0 saturated carbocycles. The number of aromatic nitrogens is 4. The van der Waals surface area contributed by atoms with Gasteiger partial charge in [0, 0.05) is 10.6 Å². The van der Waals surface area contributed by atoms with Crippen LogP contribution in [0.15, 0.2) is 46.4 Å². The van der Waals surface area contributed by atoms with Crippen LogP contribution in [0.1, 0.15) is 29.3 Å². The average molecular weight is 409 g/mol. The minimum absolute atomic E-state index is 0.0139. The molecule has 0 spiro atoms. The van der Waals surface area contributed by atoms with Crippen molar-refractivity contribution in [2.45, 2.75) is 38.3 Å². The predicted molar refractivity (Wildman–Crippen MR) is 116 cm³/mol. The van der Waals surface area contributed by atoms with Gasteiger partial charge in [0.15, 0.2) is 5.16 Å². The van der Waals surface area contributed by atoms with Crippen molar-refractivity contribution in [2.24, 2.45) is 0 Å². The normalized spacial score (nSPS) is 13.5. The molecule has 3 heterocycles. The molecule has 0 bridgehead atoms. The van der Waals surface area contributed by atoms with Crippen LogP contribution < -0.4 is 5.56 Å². The van der Waals surface area contributed by atoms with Gasteiger partial charge in [-0.25, -0.2) is 8.97 Å². The molecule has 0 N–H and O–H groups in total. The molecule has 5 rings (SSSR count). The van der Waals surface area contributed by atoms with E-state index in [2.05, 4.69) is 21.2 Å². The summed E-state index contributed by atoms with van der Waals surface area (Å²) < 4.78 is 3.81. The van der Waals surface area contributed by atoms with Gasteiger partial charge < -0.3 is 0 Å². The third kappa shape index (κ3) is 2.57. The molecule has 5 nitrogen and oxygen atoms in total. The first-order chi connectivity index (χ1) is 13.6. The number of aryl methyl sites for hydroxylation is 3. The molecule has 0 aliphatic heterocycles. The molecular formula is C21H20N4OS2.